The lowest BCUT2D eigenvalue weighted by Crippen LogP contribution is -2.41. The second-order valence-electron chi connectivity index (χ2n) is 7.28. The Labute approximate surface area is 158 Å². The minimum absolute atomic E-state index is 0.262. The molecule has 1 saturated heterocycles. The third kappa shape index (κ3) is 3.61. The Morgan fingerprint density at radius 1 is 1.12 bits per heavy atom. The zero-order chi connectivity index (χ0) is 17.9. The van der Waals surface area contributed by atoms with Crippen LogP contribution in [0.25, 0.3) is 10.6 Å². The Morgan fingerprint density at radius 2 is 1.88 bits per heavy atom. The van der Waals surface area contributed by atoms with Crippen LogP contribution in [0, 0.1) is 5.92 Å². The van der Waals surface area contributed by atoms with Gasteiger partial charge in [-0.3, -0.25) is 4.79 Å². The molecular formula is C20H25N3O2S. The Morgan fingerprint density at radius 3 is 2.62 bits per heavy atom. The van der Waals surface area contributed by atoms with Gasteiger partial charge in [-0.25, -0.2) is 0 Å². The smallest absolute Gasteiger partial charge is 0.225 e. The molecule has 0 spiro atoms. The summed E-state index contributed by atoms with van der Waals surface area (Å²) in [5.41, 5.74) is 1.06. The molecule has 1 aliphatic carbocycles. The number of methoxy groups -OCH3 is 1. The van der Waals surface area contributed by atoms with Crippen LogP contribution in [0.2, 0.25) is 0 Å². The first-order valence-corrected chi connectivity index (χ1v) is 10.3. The Kier molecular flexibility index (Phi) is 5.20. The number of rotatable bonds is 4. The number of likely N-dealkylation sites (tertiary alicyclic amines) is 1. The van der Waals surface area contributed by atoms with E-state index in [0.29, 0.717) is 11.8 Å². The number of ether oxygens (including phenoxy) is 1. The van der Waals surface area contributed by atoms with Gasteiger partial charge in [0.05, 0.1) is 7.11 Å². The first-order valence-electron chi connectivity index (χ1n) is 9.51. The minimum Gasteiger partial charge on any atom is -0.497 e. The quantitative estimate of drug-likeness (QED) is 0.812. The fourth-order valence-corrected chi connectivity index (χ4v) is 5.03. The predicted octanol–water partition coefficient (Wildman–Crippen LogP) is 4.11. The lowest BCUT2D eigenvalue weighted by molar-refractivity contribution is -0.136. The second-order valence-corrected chi connectivity index (χ2v) is 8.29. The molecule has 2 aliphatic rings. The molecule has 2 heterocycles. The van der Waals surface area contributed by atoms with Crippen LogP contribution in [0.1, 0.15) is 49.5 Å². The zero-order valence-corrected chi connectivity index (χ0v) is 16.0. The van der Waals surface area contributed by atoms with Gasteiger partial charge in [0, 0.05) is 30.5 Å². The molecule has 1 aromatic carbocycles. The lowest BCUT2D eigenvalue weighted by Gasteiger charge is -2.33. The highest BCUT2D eigenvalue weighted by atomic mass is 32.1. The van der Waals surface area contributed by atoms with Crippen LogP contribution >= 0.6 is 11.3 Å². The van der Waals surface area contributed by atoms with E-state index in [0.717, 1.165) is 60.1 Å². The Hall–Kier alpha value is -1.95. The summed E-state index contributed by atoms with van der Waals surface area (Å²) < 4.78 is 5.21. The van der Waals surface area contributed by atoms with Crippen molar-refractivity contribution in [3.8, 4) is 16.3 Å². The van der Waals surface area contributed by atoms with E-state index in [9.17, 15) is 4.79 Å². The van der Waals surface area contributed by atoms with E-state index in [1.807, 2.05) is 24.3 Å². The summed E-state index contributed by atoms with van der Waals surface area (Å²) in [6.07, 6.45) is 6.69. The Bertz CT molecular complexity index is 753. The monoisotopic (exact) mass is 371 g/mol. The van der Waals surface area contributed by atoms with Crippen molar-refractivity contribution >= 4 is 17.2 Å². The molecule has 0 N–H and O–H groups in total. The van der Waals surface area contributed by atoms with Crippen molar-refractivity contribution in [1.29, 1.82) is 0 Å². The van der Waals surface area contributed by atoms with Crippen molar-refractivity contribution in [2.24, 2.45) is 5.92 Å². The molecule has 6 heteroatoms. The molecule has 1 aliphatic heterocycles. The predicted molar refractivity (Wildman–Crippen MR) is 102 cm³/mol. The van der Waals surface area contributed by atoms with Crippen molar-refractivity contribution < 1.29 is 9.53 Å². The maximum atomic E-state index is 12.7. The molecule has 5 nitrogen and oxygen atoms in total. The highest BCUT2D eigenvalue weighted by molar-refractivity contribution is 7.14. The summed E-state index contributed by atoms with van der Waals surface area (Å²) in [5, 5.41) is 10.8. The normalized spacial score (nSPS) is 21.1. The molecule has 1 unspecified atom stereocenters. The van der Waals surface area contributed by atoms with Crippen LogP contribution in [0.15, 0.2) is 24.3 Å². The van der Waals surface area contributed by atoms with Crippen molar-refractivity contribution in [2.45, 2.75) is 44.4 Å². The number of nitrogens with zero attached hydrogens (tertiary/aromatic N) is 3. The summed E-state index contributed by atoms with van der Waals surface area (Å²) in [6, 6.07) is 7.91. The van der Waals surface area contributed by atoms with Crippen LogP contribution in [0.4, 0.5) is 0 Å². The van der Waals surface area contributed by atoms with Crippen molar-refractivity contribution in [3.05, 3.63) is 29.3 Å². The maximum Gasteiger partial charge on any atom is 0.225 e. The first-order chi connectivity index (χ1) is 12.7. The van der Waals surface area contributed by atoms with Gasteiger partial charge < -0.3 is 9.64 Å². The van der Waals surface area contributed by atoms with Crippen molar-refractivity contribution in [3.63, 3.8) is 0 Å². The molecule has 26 heavy (non-hydrogen) atoms. The number of piperidine rings is 1. The minimum atomic E-state index is 0.262. The van der Waals surface area contributed by atoms with Crippen molar-refractivity contribution in [1.82, 2.24) is 15.1 Å². The van der Waals surface area contributed by atoms with E-state index in [1.54, 1.807) is 18.4 Å². The van der Waals surface area contributed by atoms with Gasteiger partial charge >= 0.3 is 0 Å². The van der Waals surface area contributed by atoms with Crippen LogP contribution < -0.4 is 4.74 Å². The van der Waals surface area contributed by atoms with E-state index < -0.39 is 0 Å². The van der Waals surface area contributed by atoms with Crippen LogP contribution in [-0.2, 0) is 4.79 Å². The molecule has 2 aromatic rings. The van der Waals surface area contributed by atoms with E-state index in [1.165, 1.54) is 12.8 Å². The lowest BCUT2D eigenvalue weighted by atomic mass is 9.96. The second kappa shape index (κ2) is 7.74. The topological polar surface area (TPSA) is 55.3 Å². The van der Waals surface area contributed by atoms with Gasteiger partial charge in [0.25, 0.3) is 0 Å². The number of carbonyl (C=O) groups excluding carboxylic acids is 1. The largest absolute Gasteiger partial charge is 0.497 e. The molecular weight excluding hydrogens is 346 g/mol. The van der Waals surface area contributed by atoms with Gasteiger partial charge in [0.15, 0.2) is 0 Å². The average Bonchev–Trinajstić information content (AvgIpc) is 3.40. The molecule has 0 radical (unpaired) electrons. The number of benzene rings is 1. The van der Waals surface area contributed by atoms with E-state index in [2.05, 4.69) is 15.1 Å². The molecule has 138 valence electrons. The van der Waals surface area contributed by atoms with Gasteiger partial charge in [-0.05, 0) is 49.9 Å². The maximum absolute atomic E-state index is 12.7. The number of carbonyl (C=O) groups is 1. The molecule has 0 bridgehead atoms. The fourth-order valence-electron chi connectivity index (χ4n) is 4.06. The molecule has 2 fully saturated rings. The third-order valence-corrected chi connectivity index (χ3v) is 6.70. The highest BCUT2D eigenvalue weighted by Crippen LogP contribution is 2.35. The molecule has 1 amide bonds. The molecule has 1 atom stereocenters. The van der Waals surface area contributed by atoms with Gasteiger partial charge in [-0.2, -0.15) is 0 Å². The van der Waals surface area contributed by atoms with Crippen LogP contribution in [-0.4, -0.2) is 41.2 Å². The standard InChI is InChI=1S/C20H25N3O2S/c1-25-17-10-8-14(9-11-17)18-21-22-19(26-18)16-7-4-12-23(13-16)20(24)15-5-2-3-6-15/h8-11,15-16H,2-7,12-13H2,1H3. The van der Waals surface area contributed by atoms with E-state index in [-0.39, 0.29) is 5.92 Å². The van der Waals surface area contributed by atoms with Crippen molar-refractivity contribution in [2.75, 3.05) is 20.2 Å². The first kappa shape index (κ1) is 17.5. The molecule has 4 rings (SSSR count). The van der Waals surface area contributed by atoms with Gasteiger partial charge in [-0.15, -0.1) is 10.2 Å². The van der Waals surface area contributed by atoms with Crippen LogP contribution in [0.5, 0.6) is 5.75 Å². The average molecular weight is 372 g/mol. The third-order valence-electron chi connectivity index (χ3n) is 5.56. The number of hydrogen-bond acceptors (Lipinski definition) is 5. The molecule has 1 aromatic heterocycles. The van der Waals surface area contributed by atoms with Gasteiger partial charge in [-0.1, -0.05) is 24.2 Å². The van der Waals surface area contributed by atoms with E-state index >= 15 is 0 Å². The number of aromatic nitrogens is 2. The fraction of sp³-hybridized carbons (Fsp3) is 0.550. The van der Waals surface area contributed by atoms with Crippen LogP contribution in [0.3, 0.4) is 0 Å². The van der Waals surface area contributed by atoms with E-state index in [4.69, 9.17) is 4.74 Å². The summed E-state index contributed by atoms with van der Waals surface area (Å²) in [5.74, 6) is 1.79. The Balaban J connectivity index is 1.45. The van der Waals surface area contributed by atoms with Gasteiger partial charge in [0.2, 0.25) is 5.91 Å². The number of amides is 1. The summed E-state index contributed by atoms with van der Waals surface area (Å²) in [6.45, 7) is 1.70. The molecule has 1 saturated carbocycles. The summed E-state index contributed by atoms with van der Waals surface area (Å²) in [4.78, 5) is 14.8. The zero-order valence-electron chi connectivity index (χ0n) is 15.2. The SMILES string of the molecule is COc1ccc(-c2nnc(C3CCCN(C(=O)C4CCCC4)C3)s2)cc1. The highest BCUT2D eigenvalue weighted by Gasteiger charge is 2.32. The number of hydrogen-bond donors (Lipinski definition) is 0. The van der Waals surface area contributed by atoms with Gasteiger partial charge in [0.1, 0.15) is 15.8 Å². The summed E-state index contributed by atoms with van der Waals surface area (Å²) >= 11 is 1.65. The summed E-state index contributed by atoms with van der Waals surface area (Å²) in [7, 11) is 1.67.